The van der Waals surface area contributed by atoms with Crippen LogP contribution in [0.2, 0.25) is 0 Å². The molecule has 2 heterocycles. The minimum absolute atomic E-state index is 0.109. The Hall–Kier alpha value is -4.54. The van der Waals surface area contributed by atoms with Gasteiger partial charge >= 0.3 is 0 Å². The number of aromatic nitrogens is 2. The van der Waals surface area contributed by atoms with Crippen molar-refractivity contribution in [3.05, 3.63) is 138 Å². The van der Waals surface area contributed by atoms with Crippen molar-refractivity contribution in [2.24, 2.45) is 0 Å². The fourth-order valence-corrected chi connectivity index (χ4v) is 6.80. The molecule has 212 valence electrons. The molecule has 0 atom stereocenters. The molecule has 1 aromatic heterocycles. The molecule has 0 bridgehead atoms. The van der Waals surface area contributed by atoms with Crippen LogP contribution in [0.1, 0.15) is 51.3 Å². The highest BCUT2D eigenvalue weighted by Gasteiger charge is 2.37. The van der Waals surface area contributed by atoms with Crippen LogP contribution in [0.3, 0.4) is 0 Å². The van der Waals surface area contributed by atoms with Gasteiger partial charge in [0.15, 0.2) is 5.82 Å². The summed E-state index contributed by atoms with van der Waals surface area (Å²) in [4.78, 5) is 7.41. The van der Waals surface area contributed by atoms with Crippen molar-refractivity contribution >= 4 is 28.6 Å². The molecule has 0 N–H and O–H groups in total. The van der Waals surface area contributed by atoms with Crippen LogP contribution < -0.4 is 4.90 Å². The van der Waals surface area contributed by atoms with Crippen molar-refractivity contribution in [2.45, 2.75) is 45.4 Å². The summed E-state index contributed by atoms with van der Waals surface area (Å²) in [5.74, 6) is 0.766. The van der Waals surface area contributed by atoms with Crippen molar-refractivity contribution in [2.75, 3.05) is 4.90 Å². The number of fused-ring (bicyclic) bond motifs is 2. The number of benzene rings is 5. The zero-order valence-electron chi connectivity index (χ0n) is 25.3. The topological polar surface area (TPSA) is 29.0 Å². The van der Waals surface area contributed by atoms with E-state index >= 15 is 0 Å². The predicted octanol–water partition coefficient (Wildman–Crippen LogP) is 10.9. The molecule has 3 nitrogen and oxygen atoms in total. The molecular weight excluding hydrogens is 543 g/mol. The van der Waals surface area contributed by atoms with E-state index < -0.39 is 0 Å². The largest absolute Gasteiger partial charge is 0.310 e. The highest BCUT2D eigenvalue weighted by molar-refractivity contribution is 7.09. The monoisotopic (exact) mass is 577 g/mol. The van der Waals surface area contributed by atoms with Gasteiger partial charge in [0.1, 0.15) is 5.01 Å². The van der Waals surface area contributed by atoms with Gasteiger partial charge in [-0.1, -0.05) is 120 Å². The summed E-state index contributed by atoms with van der Waals surface area (Å²) >= 11 is 1.46. The van der Waals surface area contributed by atoms with E-state index in [1.807, 2.05) is 6.07 Å². The van der Waals surface area contributed by atoms with Gasteiger partial charge in [0, 0.05) is 22.2 Å². The highest BCUT2D eigenvalue weighted by atomic mass is 32.1. The van der Waals surface area contributed by atoms with Crippen LogP contribution in [0.25, 0.3) is 33.1 Å². The van der Waals surface area contributed by atoms with Crippen LogP contribution >= 0.6 is 11.5 Å². The summed E-state index contributed by atoms with van der Waals surface area (Å²) < 4.78 is 4.76. The summed E-state index contributed by atoms with van der Waals surface area (Å²) in [5, 5.41) is 0.931. The molecule has 0 unspecified atom stereocenters. The third kappa shape index (κ3) is 4.86. The first-order chi connectivity index (χ1) is 20.7. The van der Waals surface area contributed by atoms with Crippen LogP contribution in [-0.4, -0.2) is 9.36 Å². The zero-order chi connectivity index (χ0) is 29.8. The molecule has 43 heavy (non-hydrogen) atoms. The molecule has 0 aliphatic carbocycles. The second-order valence-corrected chi connectivity index (χ2v) is 13.6. The first-order valence-electron chi connectivity index (χ1n) is 14.8. The van der Waals surface area contributed by atoms with Crippen LogP contribution in [0.5, 0.6) is 0 Å². The normalized spacial score (nSPS) is 13.8. The molecule has 0 fully saturated rings. The van der Waals surface area contributed by atoms with E-state index in [4.69, 9.17) is 9.36 Å². The van der Waals surface area contributed by atoms with Gasteiger partial charge in [-0.2, -0.15) is 4.37 Å². The van der Waals surface area contributed by atoms with E-state index in [2.05, 4.69) is 155 Å². The number of hydrogen-bond acceptors (Lipinski definition) is 4. The summed E-state index contributed by atoms with van der Waals surface area (Å²) in [6.45, 7) is 11.4. The van der Waals surface area contributed by atoms with E-state index in [0.29, 0.717) is 0 Å². The van der Waals surface area contributed by atoms with Gasteiger partial charge in [-0.3, -0.25) is 0 Å². The van der Waals surface area contributed by atoms with E-state index in [1.165, 1.54) is 56.4 Å². The Kier molecular flexibility index (Phi) is 6.55. The maximum Gasteiger partial charge on any atom is 0.173 e. The molecule has 0 spiro atoms. The Morgan fingerprint density at radius 2 is 1.21 bits per heavy atom. The fraction of sp³-hybridized carbons (Fsp3) is 0.179. The Morgan fingerprint density at radius 3 is 1.93 bits per heavy atom. The smallest absolute Gasteiger partial charge is 0.173 e. The van der Waals surface area contributed by atoms with Gasteiger partial charge in [0.2, 0.25) is 0 Å². The average Bonchev–Trinajstić information content (AvgIpc) is 3.52. The van der Waals surface area contributed by atoms with Crippen LogP contribution in [0.15, 0.2) is 121 Å². The molecule has 0 saturated carbocycles. The van der Waals surface area contributed by atoms with Crippen LogP contribution in [-0.2, 0) is 10.8 Å². The van der Waals surface area contributed by atoms with Crippen LogP contribution in [0.4, 0.5) is 17.1 Å². The van der Waals surface area contributed by atoms with Crippen molar-refractivity contribution in [3.8, 4) is 33.1 Å². The van der Waals surface area contributed by atoms with Crippen molar-refractivity contribution in [1.82, 2.24) is 9.36 Å². The Balaban J connectivity index is 1.26. The summed E-state index contributed by atoms with van der Waals surface area (Å²) in [6.07, 6.45) is 0. The third-order valence-electron chi connectivity index (χ3n) is 8.64. The minimum Gasteiger partial charge on any atom is -0.310 e. The quantitative estimate of drug-likeness (QED) is 0.209. The molecule has 0 saturated heterocycles. The van der Waals surface area contributed by atoms with E-state index in [0.717, 1.165) is 22.0 Å². The lowest BCUT2D eigenvalue weighted by Gasteiger charge is -2.42. The molecule has 0 amide bonds. The fourth-order valence-electron chi connectivity index (χ4n) is 6.13. The highest BCUT2D eigenvalue weighted by Crippen LogP contribution is 2.52. The first-order valence-corrected chi connectivity index (χ1v) is 15.6. The standard InChI is InChI=1S/C39H35N3S/c1-38(2,3)30-20-22-31(23-21-30)42-34-14-10-9-13-32(34)39(4,5)33-25-29(19-24-35(33)42)37-40-36(41-43-37)28-17-15-27(16-18-28)26-11-7-6-8-12-26/h6-25H,1-5H3. The molecule has 1 aliphatic heterocycles. The van der Waals surface area contributed by atoms with E-state index in [9.17, 15) is 0 Å². The lowest BCUT2D eigenvalue weighted by molar-refractivity contribution is 0.590. The van der Waals surface area contributed by atoms with E-state index in [-0.39, 0.29) is 10.8 Å². The molecular formula is C39H35N3S. The maximum atomic E-state index is 5.00. The van der Waals surface area contributed by atoms with Gasteiger partial charge in [-0.25, -0.2) is 4.98 Å². The molecule has 5 aromatic carbocycles. The van der Waals surface area contributed by atoms with Crippen LogP contribution in [0, 0.1) is 0 Å². The average molecular weight is 578 g/mol. The van der Waals surface area contributed by atoms with Gasteiger partial charge in [0.05, 0.1) is 11.4 Å². The second-order valence-electron chi connectivity index (χ2n) is 12.9. The van der Waals surface area contributed by atoms with Gasteiger partial charge in [-0.05, 0) is 81.2 Å². The Labute approximate surface area is 258 Å². The molecule has 0 radical (unpaired) electrons. The van der Waals surface area contributed by atoms with Gasteiger partial charge in [0.25, 0.3) is 0 Å². The Morgan fingerprint density at radius 1 is 0.605 bits per heavy atom. The third-order valence-corrected chi connectivity index (χ3v) is 9.41. The van der Waals surface area contributed by atoms with Crippen molar-refractivity contribution < 1.29 is 0 Å². The SMILES string of the molecule is CC(C)(C)c1ccc(N2c3ccccc3C(C)(C)c3cc(-c4nc(-c5ccc(-c6ccccc6)cc5)ns4)ccc32)cc1. The first kappa shape index (κ1) is 27.3. The molecule has 7 rings (SSSR count). The lowest BCUT2D eigenvalue weighted by atomic mass is 9.73. The molecule has 4 heteroatoms. The van der Waals surface area contributed by atoms with E-state index in [1.54, 1.807) is 0 Å². The lowest BCUT2D eigenvalue weighted by Crippen LogP contribution is -2.30. The number of rotatable bonds is 4. The number of nitrogens with zero attached hydrogens (tertiary/aromatic N) is 3. The summed E-state index contributed by atoms with van der Waals surface area (Å²) in [6, 6.07) is 43.6. The van der Waals surface area contributed by atoms with Crippen molar-refractivity contribution in [3.63, 3.8) is 0 Å². The van der Waals surface area contributed by atoms with Gasteiger partial charge < -0.3 is 4.90 Å². The number of anilines is 3. The number of para-hydroxylation sites is 1. The number of hydrogen-bond donors (Lipinski definition) is 0. The summed E-state index contributed by atoms with van der Waals surface area (Å²) in [5.41, 5.74) is 12.0. The predicted molar refractivity (Wildman–Crippen MR) is 182 cm³/mol. The summed E-state index contributed by atoms with van der Waals surface area (Å²) in [7, 11) is 0. The molecule has 1 aliphatic rings. The Bertz CT molecular complexity index is 1910. The maximum absolute atomic E-state index is 5.00. The van der Waals surface area contributed by atoms with Gasteiger partial charge in [-0.15, -0.1) is 0 Å². The zero-order valence-corrected chi connectivity index (χ0v) is 26.1. The molecule has 6 aromatic rings. The minimum atomic E-state index is -0.176. The second kappa shape index (κ2) is 10.3. The van der Waals surface area contributed by atoms with Crippen molar-refractivity contribution in [1.29, 1.82) is 0 Å².